The molecule has 0 saturated carbocycles. The van der Waals surface area contributed by atoms with Crippen LogP contribution in [0.2, 0.25) is 5.02 Å². The van der Waals surface area contributed by atoms with Crippen molar-refractivity contribution >= 4 is 17.5 Å². The van der Waals surface area contributed by atoms with Gasteiger partial charge in [-0.3, -0.25) is 9.69 Å². The van der Waals surface area contributed by atoms with E-state index in [-0.39, 0.29) is 11.8 Å². The first-order valence-corrected chi connectivity index (χ1v) is 11.9. The average Bonchev–Trinajstić information content (AvgIpc) is 3.27. The second-order valence-corrected chi connectivity index (χ2v) is 9.05. The molecule has 0 atom stereocenters. The number of nitrogens with zero attached hydrogens (tertiary/aromatic N) is 4. The standard InChI is InChI=1S/C23H32ClN5O2/c24-20-7-5-18(6-8-20)22-26-21(31-27-22)17-29-15-9-19(10-16-29)23(30)25-11-4-14-28-12-2-1-3-13-28/h5-8,19H,1-4,9-17H2,(H,25,30). The van der Waals surface area contributed by atoms with E-state index in [0.29, 0.717) is 23.3 Å². The summed E-state index contributed by atoms with van der Waals surface area (Å²) < 4.78 is 5.42. The molecular weight excluding hydrogens is 414 g/mol. The summed E-state index contributed by atoms with van der Waals surface area (Å²) >= 11 is 5.93. The number of likely N-dealkylation sites (tertiary alicyclic amines) is 2. The van der Waals surface area contributed by atoms with Crippen molar-refractivity contribution in [3.63, 3.8) is 0 Å². The van der Waals surface area contributed by atoms with Crippen LogP contribution in [0.15, 0.2) is 28.8 Å². The third kappa shape index (κ3) is 6.51. The summed E-state index contributed by atoms with van der Waals surface area (Å²) in [4.78, 5) is 21.8. The Balaban J connectivity index is 1.15. The second kappa shape index (κ2) is 11.1. The van der Waals surface area contributed by atoms with E-state index in [1.807, 2.05) is 24.3 Å². The Morgan fingerprint density at radius 2 is 1.81 bits per heavy atom. The molecule has 0 aliphatic carbocycles. The minimum atomic E-state index is 0.110. The minimum Gasteiger partial charge on any atom is -0.356 e. The van der Waals surface area contributed by atoms with Gasteiger partial charge in [-0.25, -0.2) is 0 Å². The van der Waals surface area contributed by atoms with Crippen molar-refractivity contribution in [2.45, 2.75) is 45.1 Å². The van der Waals surface area contributed by atoms with Crippen molar-refractivity contribution in [3.8, 4) is 11.4 Å². The van der Waals surface area contributed by atoms with E-state index in [0.717, 1.165) is 51.0 Å². The number of hydrogen-bond donors (Lipinski definition) is 1. The van der Waals surface area contributed by atoms with Crippen LogP contribution < -0.4 is 5.32 Å². The van der Waals surface area contributed by atoms with E-state index in [2.05, 4.69) is 25.3 Å². The Hall–Kier alpha value is -1.96. The van der Waals surface area contributed by atoms with Crippen LogP contribution in [0, 0.1) is 5.92 Å². The summed E-state index contributed by atoms with van der Waals surface area (Å²) in [6.07, 6.45) is 6.78. The molecule has 31 heavy (non-hydrogen) atoms. The summed E-state index contributed by atoms with van der Waals surface area (Å²) in [7, 11) is 0. The van der Waals surface area contributed by atoms with Crippen LogP contribution in [0.1, 0.15) is 44.4 Å². The molecule has 2 saturated heterocycles. The lowest BCUT2D eigenvalue weighted by Crippen LogP contribution is -2.41. The second-order valence-electron chi connectivity index (χ2n) is 8.62. The van der Waals surface area contributed by atoms with Gasteiger partial charge in [-0.15, -0.1) is 0 Å². The van der Waals surface area contributed by atoms with Gasteiger partial charge in [0.05, 0.1) is 6.54 Å². The number of nitrogens with one attached hydrogen (secondary N) is 1. The molecule has 8 heteroatoms. The highest BCUT2D eigenvalue weighted by molar-refractivity contribution is 6.30. The third-order valence-corrected chi connectivity index (χ3v) is 6.54. The lowest BCUT2D eigenvalue weighted by molar-refractivity contribution is -0.126. The minimum absolute atomic E-state index is 0.110. The quantitative estimate of drug-likeness (QED) is 0.626. The number of piperidine rings is 2. The van der Waals surface area contributed by atoms with Gasteiger partial charge in [-0.05, 0) is 89.1 Å². The fraction of sp³-hybridized carbons (Fsp3) is 0.609. The van der Waals surface area contributed by atoms with E-state index in [4.69, 9.17) is 16.1 Å². The van der Waals surface area contributed by atoms with Crippen molar-refractivity contribution in [1.82, 2.24) is 25.3 Å². The summed E-state index contributed by atoms with van der Waals surface area (Å²) in [6, 6.07) is 7.40. The van der Waals surface area contributed by atoms with Gasteiger partial charge in [0.25, 0.3) is 0 Å². The molecule has 2 aliphatic heterocycles. The molecule has 1 amide bonds. The zero-order valence-electron chi connectivity index (χ0n) is 18.1. The molecule has 1 aromatic heterocycles. The molecule has 2 aliphatic rings. The van der Waals surface area contributed by atoms with E-state index in [9.17, 15) is 4.79 Å². The number of carbonyl (C=O) groups excluding carboxylic acids is 1. The van der Waals surface area contributed by atoms with Crippen molar-refractivity contribution in [2.24, 2.45) is 5.92 Å². The number of carbonyl (C=O) groups is 1. The van der Waals surface area contributed by atoms with Crippen molar-refractivity contribution in [1.29, 1.82) is 0 Å². The highest BCUT2D eigenvalue weighted by atomic mass is 35.5. The van der Waals surface area contributed by atoms with Crippen molar-refractivity contribution < 1.29 is 9.32 Å². The summed E-state index contributed by atoms with van der Waals surface area (Å²) in [6.45, 7) is 6.66. The molecule has 4 rings (SSSR count). The smallest absolute Gasteiger partial charge is 0.241 e. The maximum Gasteiger partial charge on any atom is 0.241 e. The van der Waals surface area contributed by atoms with Gasteiger partial charge in [0, 0.05) is 23.0 Å². The fourth-order valence-corrected chi connectivity index (χ4v) is 4.55. The summed E-state index contributed by atoms with van der Waals surface area (Å²) in [5.74, 6) is 1.50. The molecule has 1 aromatic carbocycles. The Morgan fingerprint density at radius 1 is 1.06 bits per heavy atom. The van der Waals surface area contributed by atoms with Gasteiger partial charge < -0.3 is 14.7 Å². The van der Waals surface area contributed by atoms with Gasteiger partial charge in [0.1, 0.15) is 0 Å². The Labute approximate surface area is 189 Å². The number of amides is 1. The van der Waals surface area contributed by atoms with Gasteiger partial charge in [-0.1, -0.05) is 23.2 Å². The first-order valence-electron chi connectivity index (χ1n) is 11.5. The number of halogens is 1. The van der Waals surface area contributed by atoms with Crippen LogP contribution in [0.3, 0.4) is 0 Å². The van der Waals surface area contributed by atoms with Crippen LogP contribution in [0.25, 0.3) is 11.4 Å². The lowest BCUT2D eigenvalue weighted by atomic mass is 9.96. The largest absolute Gasteiger partial charge is 0.356 e. The maximum atomic E-state index is 12.5. The molecule has 1 N–H and O–H groups in total. The van der Waals surface area contributed by atoms with E-state index < -0.39 is 0 Å². The van der Waals surface area contributed by atoms with Crippen molar-refractivity contribution in [2.75, 3.05) is 39.3 Å². The van der Waals surface area contributed by atoms with E-state index in [1.54, 1.807) is 0 Å². The number of hydrogen-bond acceptors (Lipinski definition) is 6. The molecule has 2 fully saturated rings. The highest BCUT2D eigenvalue weighted by Crippen LogP contribution is 2.21. The first kappa shape index (κ1) is 22.2. The lowest BCUT2D eigenvalue weighted by Gasteiger charge is -2.30. The van der Waals surface area contributed by atoms with Crippen LogP contribution in [0.5, 0.6) is 0 Å². The van der Waals surface area contributed by atoms with Gasteiger partial charge >= 0.3 is 0 Å². The molecule has 0 unspecified atom stereocenters. The normalized spacial score (nSPS) is 18.9. The first-order chi connectivity index (χ1) is 15.2. The molecule has 3 heterocycles. The maximum absolute atomic E-state index is 12.5. The number of rotatable bonds is 8. The SMILES string of the molecule is O=C(NCCCN1CCCCC1)C1CCN(Cc2nc(-c3ccc(Cl)cc3)no2)CC1. The van der Waals surface area contributed by atoms with Crippen LogP contribution in [-0.4, -0.2) is 65.1 Å². The van der Waals surface area contributed by atoms with E-state index >= 15 is 0 Å². The number of aromatic nitrogens is 2. The monoisotopic (exact) mass is 445 g/mol. The summed E-state index contributed by atoms with van der Waals surface area (Å²) in [5, 5.41) is 7.91. The van der Waals surface area contributed by atoms with Crippen LogP contribution in [0.4, 0.5) is 0 Å². The molecule has 0 bridgehead atoms. The Morgan fingerprint density at radius 3 is 2.55 bits per heavy atom. The fourth-order valence-electron chi connectivity index (χ4n) is 4.42. The van der Waals surface area contributed by atoms with Crippen molar-refractivity contribution in [3.05, 3.63) is 35.2 Å². The Kier molecular flexibility index (Phi) is 7.94. The summed E-state index contributed by atoms with van der Waals surface area (Å²) in [5.41, 5.74) is 0.884. The zero-order chi connectivity index (χ0) is 21.5. The third-order valence-electron chi connectivity index (χ3n) is 6.29. The average molecular weight is 446 g/mol. The van der Waals surface area contributed by atoms with Crippen LogP contribution in [-0.2, 0) is 11.3 Å². The Bertz CT molecular complexity index is 827. The number of benzene rings is 1. The van der Waals surface area contributed by atoms with Gasteiger partial charge in [0.15, 0.2) is 0 Å². The predicted molar refractivity (Wildman–Crippen MR) is 121 cm³/mol. The zero-order valence-corrected chi connectivity index (χ0v) is 18.8. The molecule has 168 valence electrons. The van der Waals surface area contributed by atoms with E-state index in [1.165, 1.54) is 32.4 Å². The molecule has 7 nitrogen and oxygen atoms in total. The highest BCUT2D eigenvalue weighted by Gasteiger charge is 2.26. The van der Waals surface area contributed by atoms with Crippen LogP contribution >= 0.6 is 11.6 Å². The molecule has 2 aromatic rings. The molecular formula is C23H32ClN5O2. The van der Waals surface area contributed by atoms with Gasteiger partial charge in [-0.2, -0.15) is 4.98 Å². The molecule has 0 spiro atoms. The van der Waals surface area contributed by atoms with Gasteiger partial charge in [0.2, 0.25) is 17.6 Å². The molecule has 0 radical (unpaired) electrons. The predicted octanol–water partition coefficient (Wildman–Crippen LogP) is 3.59. The topological polar surface area (TPSA) is 74.5 Å².